The van der Waals surface area contributed by atoms with E-state index in [1.807, 2.05) is 55.6 Å². The van der Waals surface area contributed by atoms with Gasteiger partial charge in [0.05, 0.1) is 7.05 Å². The summed E-state index contributed by atoms with van der Waals surface area (Å²) < 4.78 is 0. The summed E-state index contributed by atoms with van der Waals surface area (Å²) in [5.74, 6) is 0.0368. The van der Waals surface area contributed by atoms with Crippen LogP contribution in [0.3, 0.4) is 0 Å². The van der Waals surface area contributed by atoms with Gasteiger partial charge in [-0.05, 0) is 11.5 Å². The van der Waals surface area contributed by atoms with Crippen LogP contribution in [-0.2, 0) is 11.3 Å². The Morgan fingerprint density at radius 1 is 0.913 bits per heavy atom. The molecule has 0 fully saturated rings. The van der Waals surface area contributed by atoms with Gasteiger partial charge in [-0.15, -0.1) is 0 Å². The molecule has 0 aliphatic heterocycles. The minimum Gasteiger partial charge on any atom is -0.326 e. The fourth-order valence-corrected chi connectivity index (χ4v) is 2.81. The van der Waals surface area contributed by atoms with Crippen molar-refractivity contribution in [3.63, 3.8) is 0 Å². The molecule has 3 rings (SSSR count). The molecule has 0 aliphatic carbocycles. The third-order valence-electron chi connectivity index (χ3n) is 3.87. The van der Waals surface area contributed by atoms with Gasteiger partial charge in [0.2, 0.25) is 0 Å². The maximum atomic E-state index is 12.3. The van der Waals surface area contributed by atoms with Crippen LogP contribution >= 0.6 is 0 Å². The summed E-state index contributed by atoms with van der Waals surface area (Å²) in [5, 5.41) is 5.25. The van der Waals surface area contributed by atoms with Crippen molar-refractivity contribution in [1.29, 1.82) is 0 Å². The molecule has 116 valence electrons. The van der Waals surface area contributed by atoms with Crippen LogP contribution in [0.4, 0.5) is 5.69 Å². The SMILES string of the molecule is C[NH+](CC(=O)Nc1cccc2ccccc12)Cc1ccccc1. The molecule has 1 atom stereocenters. The van der Waals surface area contributed by atoms with E-state index in [9.17, 15) is 4.79 Å². The highest BCUT2D eigenvalue weighted by atomic mass is 16.2. The number of likely N-dealkylation sites (N-methyl/N-ethyl adjacent to an activating group) is 1. The zero-order chi connectivity index (χ0) is 16.1. The van der Waals surface area contributed by atoms with Crippen LogP contribution in [0, 0.1) is 0 Å². The van der Waals surface area contributed by atoms with E-state index in [0.717, 1.165) is 27.9 Å². The molecule has 23 heavy (non-hydrogen) atoms. The molecule has 3 aromatic rings. The van der Waals surface area contributed by atoms with Crippen LogP contribution in [0.15, 0.2) is 72.8 Å². The van der Waals surface area contributed by atoms with E-state index in [2.05, 4.69) is 29.6 Å². The Morgan fingerprint density at radius 3 is 2.43 bits per heavy atom. The molecule has 0 aliphatic rings. The summed E-state index contributed by atoms with van der Waals surface area (Å²) in [5.41, 5.74) is 2.11. The van der Waals surface area contributed by atoms with Crippen molar-refractivity contribution in [3.05, 3.63) is 78.4 Å². The van der Waals surface area contributed by atoms with Crippen molar-refractivity contribution in [2.45, 2.75) is 6.54 Å². The molecule has 3 heteroatoms. The Bertz CT molecular complexity index is 794. The van der Waals surface area contributed by atoms with Gasteiger partial charge in [0.15, 0.2) is 6.54 Å². The van der Waals surface area contributed by atoms with E-state index >= 15 is 0 Å². The Hall–Kier alpha value is -2.65. The van der Waals surface area contributed by atoms with Crippen molar-refractivity contribution in [2.75, 3.05) is 18.9 Å². The van der Waals surface area contributed by atoms with E-state index in [1.54, 1.807) is 0 Å². The lowest BCUT2D eigenvalue weighted by Crippen LogP contribution is -3.08. The second kappa shape index (κ2) is 7.07. The van der Waals surface area contributed by atoms with Crippen molar-refractivity contribution >= 4 is 22.4 Å². The van der Waals surface area contributed by atoms with Crippen LogP contribution in [-0.4, -0.2) is 19.5 Å². The fourth-order valence-electron chi connectivity index (χ4n) is 2.81. The number of benzene rings is 3. The maximum Gasteiger partial charge on any atom is 0.279 e. The number of rotatable bonds is 5. The Morgan fingerprint density at radius 2 is 1.61 bits per heavy atom. The molecule has 0 saturated heterocycles. The molecule has 0 radical (unpaired) electrons. The van der Waals surface area contributed by atoms with Crippen molar-refractivity contribution in [1.82, 2.24) is 0 Å². The first-order chi connectivity index (χ1) is 11.2. The number of hydrogen-bond donors (Lipinski definition) is 2. The Balaban J connectivity index is 1.64. The lowest BCUT2D eigenvalue weighted by molar-refractivity contribution is -0.885. The van der Waals surface area contributed by atoms with Gasteiger partial charge >= 0.3 is 0 Å². The molecule has 0 bridgehead atoms. The van der Waals surface area contributed by atoms with Crippen LogP contribution in [0.2, 0.25) is 0 Å². The third-order valence-corrected chi connectivity index (χ3v) is 3.87. The topological polar surface area (TPSA) is 33.5 Å². The lowest BCUT2D eigenvalue weighted by atomic mass is 10.1. The Labute approximate surface area is 136 Å². The average Bonchev–Trinajstić information content (AvgIpc) is 2.56. The van der Waals surface area contributed by atoms with Crippen LogP contribution in [0.1, 0.15) is 5.56 Å². The number of carbonyl (C=O) groups excluding carboxylic acids is 1. The molecular weight excluding hydrogens is 284 g/mol. The molecule has 1 unspecified atom stereocenters. The summed E-state index contributed by atoms with van der Waals surface area (Å²) in [6.45, 7) is 1.28. The van der Waals surface area contributed by atoms with E-state index in [-0.39, 0.29) is 5.91 Å². The number of carbonyl (C=O) groups is 1. The average molecular weight is 305 g/mol. The zero-order valence-electron chi connectivity index (χ0n) is 13.3. The molecule has 0 heterocycles. The summed E-state index contributed by atoms with van der Waals surface area (Å²) in [6, 6.07) is 24.3. The van der Waals surface area contributed by atoms with Gasteiger partial charge in [0.25, 0.3) is 5.91 Å². The molecule has 0 aromatic heterocycles. The van der Waals surface area contributed by atoms with Gasteiger partial charge in [-0.3, -0.25) is 4.79 Å². The maximum absolute atomic E-state index is 12.3. The zero-order valence-corrected chi connectivity index (χ0v) is 13.3. The first-order valence-electron chi connectivity index (χ1n) is 7.85. The van der Waals surface area contributed by atoms with Gasteiger partial charge in [0.1, 0.15) is 6.54 Å². The normalized spacial score (nSPS) is 12.0. The van der Waals surface area contributed by atoms with E-state index in [0.29, 0.717) is 6.54 Å². The first-order valence-corrected chi connectivity index (χ1v) is 7.85. The van der Waals surface area contributed by atoms with Gasteiger partial charge in [0, 0.05) is 16.6 Å². The smallest absolute Gasteiger partial charge is 0.279 e. The summed E-state index contributed by atoms with van der Waals surface area (Å²) in [6.07, 6.45) is 0. The monoisotopic (exact) mass is 305 g/mol. The van der Waals surface area contributed by atoms with Gasteiger partial charge < -0.3 is 10.2 Å². The van der Waals surface area contributed by atoms with Crippen molar-refractivity contribution < 1.29 is 9.69 Å². The Kier molecular flexibility index (Phi) is 4.69. The van der Waals surface area contributed by atoms with Crippen LogP contribution in [0.5, 0.6) is 0 Å². The number of fused-ring (bicyclic) bond motifs is 1. The largest absolute Gasteiger partial charge is 0.326 e. The standard InChI is InChI=1S/C20H20N2O/c1-22(14-16-8-3-2-4-9-16)15-20(23)21-19-13-7-11-17-10-5-6-12-18(17)19/h2-13H,14-15H2,1H3,(H,21,23)/p+1. The third kappa shape index (κ3) is 3.96. The molecule has 3 aromatic carbocycles. The lowest BCUT2D eigenvalue weighted by Gasteiger charge is -2.14. The predicted molar refractivity (Wildman–Crippen MR) is 94.5 cm³/mol. The minimum absolute atomic E-state index is 0.0368. The van der Waals surface area contributed by atoms with E-state index in [4.69, 9.17) is 0 Å². The number of quaternary nitrogens is 1. The molecule has 1 amide bonds. The van der Waals surface area contributed by atoms with Crippen LogP contribution in [0.25, 0.3) is 10.8 Å². The van der Waals surface area contributed by atoms with Gasteiger partial charge in [-0.1, -0.05) is 66.7 Å². The number of hydrogen-bond acceptors (Lipinski definition) is 1. The first kappa shape index (κ1) is 15.3. The summed E-state index contributed by atoms with van der Waals surface area (Å²) in [4.78, 5) is 13.5. The number of nitrogens with one attached hydrogen (secondary N) is 2. The van der Waals surface area contributed by atoms with Crippen LogP contribution < -0.4 is 10.2 Å². The minimum atomic E-state index is 0.0368. The highest BCUT2D eigenvalue weighted by molar-refractivity contribution is 6.02. The van der Waals surface area contributed by atoms with Crippen molar-refractivity contribution in [3.8, 4) is 0 Å². The second-order valence-corrected chi connectivity index (χ2v) is 5.87. The fraction of sp³-hybridized carbons (Fsp3) is 0.150. The number of amides is 1. The molecule has 3 nitrogen and oxygen atoms in total. The molecule has 0 spiro atoms. The van der Waals surface area contributed by atoms with Crippen molar-refractivity contribution in [2.24, 2.45) is 0 Å². The second-order valence-electron chi connectivity index (χ2n) is 5.87. The molecule has 2 N–H and O–H groups in total. The highest BCUT2D eigenvalue weighted by Gasteiger charge is 2.11. The molecular formula is C20H21N2O+. The van der Waals surface area contributed by atoms with Gasteiger partial charge in [-0.25, -0.2) is 0 Å². The summed E-state index contributed by atoms with van der Waals surface area (Å²) >= 11 is 0. The summed E-state index contributed by atoms with van der Waals surface area (Å²) in [7, 11) is 2.04. The van der Waals surface area contributed by atoms with E-state index in [1.165, 1.54) is 5.56 Å². The quantitative estimate of drug-likeness (QED) is 0.746. The predicted octanol–water partition coefficient (Wildman–Crippen LogP) is 2.49. The number of anilines is 1. The van der Waals surface area contributed by atoms with E-state index < -0.39 is 0 Å². The highest BCUT2D eigenvalue weighted by Crippen LogP contribution is 2.22. The molecule has 0 saturated carbocycles. The van der Waals surface area contributed by atoms with Gasteiger partial charge in [-0.2, -0.15) is 0 Å².